The number of para-hydroxylation sites is 2. The molecule has 0 radical (unpaired) electrons. The second-order valence-electron chi connectivity index (χ2n) is 12.8. The second kappa shape index (κ2) is 10.7. The summed E-state index contributed by atoms with van der Waals surface area (Å²) in [6, 6.07) is 53.8. The molecule has 4 aromatic heterocycles. The standard InChI is InChI=1S/C45H26N4O2/c1-3-12-27(13-4-1)43-46-44(28-14-5-2-6-15-28)48-45(47-43)32-18-11-21-38-40(32)33-26-29(22-24-37(33)51-38)49-34-19-9-7-16-30(34)41-35(49)23-25-39-42(41)31-17-8-10-20-36(31)50-39/h1-26H. The Kier molecular flexibility index (Phi) is 5.86. The van der Waals surface area contributed by atoms with E-state index in [2.05, 4.69) is 77.4 Å². The summed E-state index contributed by atoms with van der Waals surface area (Å²) in [6.07, 6.45) is 0. The Balaban J connectivity index is 1.18. The van der Waals surface area contributed by atoms with E-state index in [1.807, 2.05) is 84.9 Å². The van der Waals surface area contributed by atoms with Crippen LogP contribution in [-0.2, 0) is 0 Å². The van der Waals surface area contributed by atoms with Gasteiger partial charge >= 0.3 is 0 Å². The van der Waals surface area contributed by atoms with Crippen LogP contribution in [0.2, 0.25) is 0 Å². The van der Waals surface area contributed by atoms with Gasteiger partial charge in [0.05, 0.1) is 11.0 Å². The van der Waals surface area contributed by atoms with Gasteiger partial charge in [-0.25, -0.2) is 15.0 Å². The first-order valence-corrected chi connectivity index (χ1v) is 16.9. The van der Waals surface area contributed by atoms with E-state index in [4.69, 9.17) is 23.8 Å². The molecule has 0 bridgehead atoms. The molecule has 51 heavy (non-hydrogen) atoms. The first-order valence-electron chi connectivity index (χ1n) is 16.9. The number of hydrogen-bond acceptors (Lipinski definition) is 5. The van der Waals surface area contributed by atoms with Gasteiger partial charge in [-0.15, -0.1) is 0 Å². The predicted octanol–water partition coefficient (Wildman–Crippen LogP) is 11.8. The van der Waals surface area contributed by atoms with Crippen molar-refractivity contribution in [3.8, 4) is 39.9 Å². The molecule has 6 nitrogen and oxygen atoms in total. The SMILES string of the molecule is c1ccc(-c2nc(-c3ccccc3)nc(-c3cccc4oc5ccc(-n6c7ccccc7c7c8c(ccc76)oc6ccccc68)cc5c34)n2)cc1. The first-order chi connectivity index (χ1) is 25.3. The van der Waals surface area contributed by atoms with Crippen LogP contribution >= 0.6 is 0 Å². The van der Waals surface area contributed by atoms with Crippen molar-refractivity contribution in [2.24, 2.45) is 0 Å². The van der Waals surface area contributed by atoms with Crippen LogP contribution in [0.5, 0.6) is 0 Å². The Labute approximate surface area is 290 Å². The normalized spacial score (nSPS) is 11.9. The maximum Gasteiger partial charge on any atom is 0.164 e. The molecule has 0 atom stereocenters. The molecule has 0 aliphatic carbocycles. The smallest absolute Gasteiger partial charge is 0.164 e. The lowest BCUT2D eigenvalue weighted by atomic mass is 10.0. The van der Waals surface area contributed by atoms with Crippen molar-refractivity contribution in [2.75, 3.05) is 0 Å². The maximum atomic E-state index is 6.49. The third kappa shape index (κ3) is 4.20. The van der Waals surface area contributed by atoms with Crippen molar-refractivity contribution < 1.29 is 8.83 Å². The molecule has 0 saturated heterocycles. The summed E-state index contributed by atoms with van der Waals surface area (Å²) < 4.78 is 15.1. The summed E-state index contributed by atoms with van der Waals surface area (Å²) in [4.78, 5) is 15.0. The fraction of sp³-hybridized carbons (Fsp3) is 0. The lowest BCUT2D eigenvalue weighted by Crippen LogP contribution is -2.00. The molecule has 4 heterocycles. The van der Waals surface area contributed by atoms with Gasteiger partial charge < -0.3 is 13.4 Å². The molecule has 11 aromatic rings. The Hall–Kier alpha value is -7.05. The van der Waals surface area contributed by atoms with E-state index in [1.54, 1.807) is 0 Å². The van der Waals surface area contributed by atoms with Crippen molar-refractivity contribution in [1.29, 1.82) is 0 Å². The zero-order valence-corrected chi connectivity index (χ0v) is 27.1. The third-order valence-corrected chi connectivity index (χ3v) is 9.85. The lowest BCUT2D eigenvalue weighted by molar-refractivity contribution is 0.668. The fourth-order valence-electron chi connectivity index (χ4n) is 7.62. The van der Waals surface area contributed by atoms with E-state index in [-0.39, 0.29) is 0 Å². The van der Waals surface area contributed by atoms with E-state index >= 15 is 0 Å². The highest BCUT2D eigenvalue weighted by atomic mass is 16.3. The molecule has 0 aliphatic rings. The van der Waals surface area contributed by atoms with E-state index in [9.17, 15) is 0 Å². The molecule has 0 aliphatic heterocycles. The molecule has 0 amide bonds. The Morgan fingerprint density at radius 2 is 0.961 bits per heavy atom. The van der Waals surface area contributed by atoms with Gasteiger partial charge in [0.25, 0.3) is 0 Å². The number of benzene rings is 7. The van der Waals surface area contributed by atoms with Gasteiger partial charge in [0, 0.05) is 54.7 Å². The van der Waals surface area contributed by atoms with Crippen molar-refractivity contribution >= 4 is 65.7 Å². The van der Waals surface area contributed by atoms with E-state index in [1.165, 1.54) is 10.8 Å². The summed E-state index contributed by atoms with van der Waals surface area (Å²) in [6.45, 7) is 0. The topological polar surface area (TPSA) is 69.9 Å². The number of nitrogens with zero attached hydrogens (tertiary/aromatic N) is 4. The minimum atomic E-state index is 0.590. The molecule has 0 spiro atoms. The van der Waals surface area contributed by atoms with Crippen LogP contribution in [0.3, 0.4) is 0 Å². The maximum absolute atomic E-state index is 6.49. The van der Waals surface area contributed by atoms with Gasteiger partial charge in [0.2, 0.25) is 0 Å². The zero-order chi connectivity index (χ0) is 33.5. The minimum absolute atomic E-state index is 0.590. The van der Waals surface area contributed by atoms with E-state index < -0.39 is 0 Å². The Morgan fingerprint density at radius 3 is 1.73 bits per heavy atom. The Morgan fingerprint density at radius 1 is 0.373 bits per heavy atom. The van der Waals surface area contributed by atoms with Crippen LogP contribution in [0.25, 0.3) is 106 Å². The van der Waals surface area contributed by atoms with Crippen LogP contribution < -0.4 is 0 Å². The quantitative estimate of drug-likeness (QED) is 0.189. The molecule has 11 rings (SSSR count). The van der Waals surface area contributed by atoms with Gasteiger partial charge in [-0.1, -0.05) is 109 Å². The molecular formula is C45H26N4O2. The molecule has 0 saturated carbocycles. The number of fused-ring (bicyclic) bond motifs is 10. The predicted molar refractivity (Wildman–Crippen MR) is 205 cm³/mol. The molecule has 6 heteroatoms. The second-order valence-corrected chi connectivity index (χ2v) is 12.8. The van der Waals surface area contributed by atoms with Gasteiger partial charge in [0.15, 0.2) is 17.5 Å². The van der Waals surface area contributed by atoms with Crippen molar-refractivity contribution in [3.63, 3.8) is 0 Å². The molecular weight excluding hydrogens is 629 g/mol. The largest absolute Gasteiger partial charge is 0.456 e. The Bertz CT molecular complexity index is 3080. The number of furan rings is 2. The monoisotopic (exact) mass is 654 g/mol. The molecule has 7 aromatic carbocycles. The summed E-state index contributed by atoms with van der Waals surface area (Å²) in [5.41, 5.74) is 9.34. The van der Waals surface area contributed by atoms with E-state index in [0.717, 1.165) is 77.3 Å². The number of aromatic nitrogens is 4. The molecule has 0 unspecified atom stereocenters. The fourth-order valence-corrected chi connectivity index (χ4v) is 7.62. The summed E-state index contributed by atoms with van der Waals surface area (Å²) in [7, 11) is 0. The first kappa shape index (κ1) is 27.9. The zero-order valence-electron chi connectivity index (χ0n) is 27.1. The minimum Gasteiger partial charge on any atom is -0.456 e. The van der Waals surface area contributed by atoms with Gasteiger partial charge in [-0.05, 0) is 48.5 Å². The van der Waals surface area contributed by atoms with Gasteiger partial charge in [-0.2, -0.15) is 0 Å². The van der Waals surface area contributed by atoms with Crippen molar-refractivity contribution in [1.82, 2.24) is 19.5 Å². The average molecular weight is 655 g/mol. The van der Waals surface area contributed by atoms with E-state index in [0.29, 0.717) is 17.5 Å². The summed E-state index contributed by atoms with van der Waals surface area (Å²) in [5, 5.41) is 6.55. The van der Waals surface area contributed by atoms with Gasteiger partial charge in [-0.3, -0.25) is 0 Å². The summed E-state index contributed by atoms with van der Waals surface area (Å²) in [5.74, 6) is 1.83. The summed E-state index contributed by atoms with van der Waals surface area (Å²) >= 11 is 0. The van der Waals surface area contributed by atoms with Crippen molar-refractivity contribution in [2.45, 2.75) is 0 Å². The van der Waals surface area contributed by atoms with Crippen LogP contribution in [0.15, 0.2) is 167 Å². The lowest BCUT2D eigenvalue weighted by Gasteiger charge is -2.10. The highest BCUT2D eigenvalue weighted by Gasteiger charge is 2.21. The molecule has 238 valence electrons. The molecule has 0 fully saturated rings. The average Bonchev–Trinajstić information content (AvgIpc) is 3.87. The van der Waals surface area contributed by atoms with Crippen LogP contribution in [0.4, 0.5) is 0 Å². The number of hydrogen-bond donors (Lipinski definition) is 0. The van der Waals surface area contributed by atoms with Crippen LogP contribution in [0, 0.1) is 0 Å². The highest BCUT2D eigenvalue weighted by molar-refractivity contribution is 6.27. The van der Waals surface area contributed by atoms with Crippen LogP contribution in [0.1, 0.15) is 0 Å². The van der Waals surface area contributed by atoms with Crippen molar-refractivity contribution in [3.05, 3.63) is 158 Å². The third-order valence-electron chi connectivity index (χ3n) is 9.85. The van der Waals surface area contributed by atoms with Gasteiger partial charge in [0.1, 0.15) is 22.3 Å². The number of rotatable bonds is 4. The highest BCUT2D eigenvalue weighted by Crippen LogP contribution is 2.43. The van der Waals surface area contributed by atoms with Crippen LogP contribution in [-0.4, -0.2) is 19.5 Å². The molecule has 0 N–H and O–H groups in total.